The first-order valence-electron chi connectivity index (χ1n) is 6.64. The first-order valence-corrected chi connectivity index (χ1v) is 7.52. The van der Waals surface area contributed by atoms with E-state index in [0.29, 0.717) is 19.0 Å². The van der Waals surface area contributed by atoms with Crippen LogP contribution in [0.3, 0.4) is 0 Å². The Labute approximate surface area is 116 Å². The van der Waals surface area contributed by atoms with E-state index in [-0.39, 0.29) is 18.0 Å². The summed E-state index contributed by atoms with van der Waals surface area (Å²) >= 11 is 1.59. The van der Waals surface area contributed by atoms with Crippen LogP contribution in [0.5, 0.6) is 0 Å². The van der Waals surface area contributed by atoms with E-state index in [1.165, 1.54) is 4.90 Å². The lowest BCUT2D eigenvalue weighted by atomic mass is 10.2. The standard InChI is InChI=1S/C13H17N3O2S/c1-8(2)11-14-9(7-19-11)6-16-12(17)10-4-3-5-15(10)13(16)18/h7-8,10H,3-6H2,1-2H3. The molecule has 3 heterocycles. The largest absolute Gasteiger partial charge is 0.327 e. The zero-order chi connectivity index (χ0) is 13.6. The summed E-state index contributed by atoms with van der Waals surface area (Å²) in [6.07, 6.45) is 1.74. The van der Waals surface area contributed by atoms with Crippen LogP contribution in [0, 0.1) is 0 Å². The first-order chi connectivity index (χ1) is 9.08. The van der Waals surface area contributed by atoms with E-state index >= 15 is 0 Å². The Morgan fingerprint density at radius 1 is 1.47 bits per heavy atom. The third kappa shape index (κ3) is 2.04. The summed E-state index contributed by atoms with van der Waals surface area (Å²) in [7, 11) is 0. The number of thiazole rings is 1. The third-order valence-electron chi connectivity index (χ3n) is 3.66. The van der Waals surface area contributed by atoms with Crippen LogP contribution < -0.4 is 0 Å². The summed E-state index contributed by atoms with van der Waals surface area (Å²) in [6.45, 7) is 5.20. The van der Waals surface area contributed by atoms with Crippen molar-refractivity contribution in [2.24, 2.45) is 0 Å². The van der Waals surface area contributed by atoms with Gasteiger partial charge in [0.05, 0.1) is 17.2 Å². The van der Waals surface area contributed by atoms with Gasteiger partial charge in [-0.15, -0.1) is 11.3 Å². The summed E-state index contributed by atoms with van der Waals surface area (Å²) < 4.78 is 0. The molecule has 102 valence electrons. The summed E-state index contributed by atoms with van der Waals surface area (Å²) in [4.78, 5) is 31.9. The van der Waals surface area contributed by atoms with Gasteiger partial charge in [0.2, 0.25) is 0 Å². The van der Waals surface area contributed by atoms with Crippen molar-refractivity contribution in [3.63, 3.8) is 0 Å². The Bertz CT molecular complexity index is 504. The number of urea groups is 1. The van der Waals surface area contributed by atoms with Crippen molar-refractivity contribution in [1.29, 1.82) is 0 Å². The normalized spacial score (nSPS) is 22.8. The molecular formula is C13H17N3O2S. The summed E-state index contributed by atoms with van der Waals surface area (Å²) in [5.41, 5.74) is 0.816. The molecule has 0 radical (unpaired) electrons. The van der Waals surface area contributed by atoms with Crippen LogP contribution in [0.1, 0.15) is 43.3 Å². The van der Waals surface area contributed by atoms with Gasteiger partial charge in [-0.05, 0) is 12.8 Å². The molecule has 0 spiro atoms. The molecule has 2 aliphatic rings. The quantitative estimate of drug-likeness (QED) is 0.797. The topological polar surface area (TPSA) is 53.5 Å². The van der Waals surface area contributed by atoms with E-state index in [9.17, 15) is 9.59 Å². The number of nitrogens with zero attached hydrogens (tertiary/aromatic N) is 3. The highest BCUT2D eigenvalue weighted by molar-refractivity contribution is 7.09. The molecule has 5 nitrogen and oxygen atoms in total. The maximum atomic E-state index is 12.2. The maximum absolute atomic E-state index is 12.2. The number of aromatic nitrogens is 1. The summed E-state index contributed by atoms with van der Waals surface area (Å²) in [5.74, 6) is 0.327. The Kier molecular flexibility index (Phi) is 3.05. The van der Waals surface area contributed by atoms with Gasteiger partial charge in [0, 0.05) is 17.8 Å². The monoisotopic (exact) mass is 279 g/mol. The Balaban J connectivity index is 1.76. The number of carbonyl (C=O) groups excluding carboxylic acids is 2. The van der Waals surface area contributed by atoms with Gasteiger partial charge < -0.3 is 4.90 Å². The highest BCUT2D eigenvalue weighted by Crippen LogP contribution is 2.29. The van der Waals surface area contributed by atoms with Crippen molar-refractivity contribution < 1.29 is 9.59 Å². The zero-order valence-electron chi connectivity index (χ0n) is 11.1. The first kappa shape index (κ1) is 12.6. The molecule has 3 rings (SSSR count). The molecule has 0 bridgehead atoms. The minimum Gasteiger partial charge on any atom is -0.312 e. The molecule has 1 aromatic rings. The van der Waals surface area contributed by atoms with Crippen molar-refractivity contribution in [2.45, 2.75) is 45.2 Å². The van der Waals surface area contributed by atoms with E-state index in [4.69, 9.17) is 0 Å². The van der Waals surface area contributed by atoms with Gasteiger partial charge in [0.1, 0.15) is 6.04 Å². The van der Waals surface area contributed by atoms with E-state index in [1.807, 2.05) is 5.38 Å². The van der Waals surface area contributed by atoms with Crippen LogP contribution in [0.15, 0.2) is 5.38 Å². The number of carbonyl (C=O) groups is 2. The number of imide groups is 1. The van der Waals surface area contributed by atoms with Gasteiger partial charge in [0.25, 0.3) is 5.91 Å². The van der Waals surface area contributed by atoms with Crippen molar-refractivity contribution in [1.82, 2.24) is 14.8 Å². The van der Waals surface area contributed by atoms with Gasteiger partial charge in [0.15, 0.2) is 0 Å². The number of hydrogen-bond acceptors (Lipinski definition) is 4. The van der Waals surface area contributed by atoms with Crippen LogP contribution in [-0.2, 0) is 11.3 Å². The Morgan fingerprint density at radius 3 is 2.89 bits per heavy atom. The maximum Gasteiger partial charge on any atom is 0.327 e. The minimum absolute atomic E-state index is 0.0541. The van der Waals surface area contributed by atoms with Crippen molar-refractivity contribution in [2.75, 3.05) is 6.54 Å². The highest BCUT2D eigenvalue weighted by atomic mass is 32.1. The van der Waals surface area contributed by atoms with Crippen LogP contribution in [0.25, 0.3) is 0 Å². The second kappa shape index (κ2) is 4.59. The molecule has 0 aromatic carbocycles. The van der Waals surface area contributed by atoms with Gasteiger partial charge in [-0.3, -0.25) is 9.69 Å². The molecule has 2 saturated heterocycles. The lowest BCUT2D eigenvalue weighted by molar-refractivity contribution is -0.128. The number of rotatable bonds is 3. The van der Waals surface area contributed by atoms with Crippen LogP contribution in [-0.4, -0.2) is 39.3 Å². The lowest BCUT2D eigenvalue weighted by Crippen LogP contribution is -2.32. The van der Waals surface area contributed by atoms with Gasteiger partial charge in [-0.25, -0.2) is 9.78 Å². The molecule has 2 fully saturated rings. The fourth-order valence-electron chi connectivity index (χ4n) is 2.65. The average Bonchev–Trinajstić information content (AvgIpc) is 3.06. The van der Waals surface area contributed by atoms with E-state index in [0.717, 1.165) is 23.5 Å². The molecule has 1 atom stereocenters. The smallest absolute Gasteiger partial charge is 0.312 e. The highest BCUT2D eigenvalue weighted by Gasteiger charge is 2.47. The molecule has 0 saturated carbocycles. The van der Waals surface area contributed by atoms with Crippen molar-refractivity contribution >= 4 is 23.3 Å². The molecule has 1 aromatic heterocycles. The molecule has 3 amide bonds. The molecule has 19 heavy (non-hydrogen) atoms. The van der Waals surface area contributed by atoms with Gasteiger partial charge in [-0.2, -0.15) is 0 Å². The SMILES string of the molecule is CC(C)c1nc(CN2C(=O)C3CCCN3C2=O)cs1. The van der Waals surface area contributed by atoms with E-state index < -0.39 is 0 Å². The predicted octanol–water partition coefficient (Wildman–Crippen LogP) is 2.19. The van der Waals surface area contributed by atoms with E-state index in [1.54, 1.807) is 16.2 Å². The summed E-state index contributed by atoms with van der Waals surface area (Å²) in [5, 5.41) is 2.99. The van der Waals surface area contributed by atoms with Gasteiger partial charge >= 0.3 is 6.03 Å². The van der Waals surface area contributed by atoms with Crippen LogP contribution >= 0.6 is 11.3 Å². The van der Waals surface area contributed by atoms with Crippen LogP contribution in [0.2, 0.25) is 0 Å². The number of hydrogen-bond donors (Lipinski definition) is 0. The lowest BCUT2D eigenvalue weighted by Gasteiger charge is -2.14. The fourth-order valence-corrected chi connectivity index (χ4v) is 3.48. The second-order valence-electron chi connectivity index (χ2n) is 5.39. The van der Waals surface area contributed by atoms with Crippen molar-refractivity contribution in [3.05, 3.63) is 16.1 Å². The minimum atomic E-state index is -0.212. The molecule has 0 aliphatic carbocycles. The fraction of sp³-hybridized carbons (Fsp3) is 0.615. The van der Waals surface area contributed by atoms with E-state index in [2.05, 4.69) is 18.8 Å². The second-order valence-corrected chi connectivity index (χ2v) is 6.28. The number of amides is 3. The number of fused-ring (bicyclic) bond motifs is 1. The zero-order valence-corrected chi connectivity index (χ0v) is 11.9. The van der Waals surface area contributed by atoms with Crippen LogP contribution in [0.4, 0.5) is 4.79 Å². The third-order valence-corrected chi connectivity index (χ3v) is 4.86. The Morgan fingerprint density at radius 2 is 2.26 bits per heavy atom. The predicted molar refractivity (Wildman–Crippen MR) is 71.9 cm³/mol. The molecule has 6 heteroatoms. The molecule has 2 aliphatic heterocycles. The summed E-state index contributed by atoms with van der Waals surface area (Å²) in [6, 6.07) is -0.359. The Hall–Kier alpha value is -1.43. The molecular weight excluding hydrogens is 262 g/mol. The van der Waals surface area contributed by atoms with Gasteiger partial charge in [-0.1, -0.05) is 13.8 Å². The molecule has 0 N–H and O–H groups in total. The van der Waals surface area contributed by atoms with Crippen molar-refractivity contribution in [3.8, 4) is 0 Å². The molecule has 1 unspecified atom stereocenters. The average molecular weight is 279 g/mol.